The number of amidine groups is 2. The maximum atomic E-state index is 6.20. The van der Waals surface area contributed by atoms with Gasteiger partial charge in [0.1, 0.15) is 22.8 Å². The van der Waals surface area contributed by atoms with Crippen molar-refractivity contribution in [2.45, 2.75) is 6.17 Å². The second kappa shape index (κ2) is 9.40. The van der Waals surface area contributed by atoms with E-state index < -0.39 is 6.17 Å². The molecule has 0 spiro atoms. The van der Waals surface area contributed by atoms with Crippen molar-refractivity contribution < 1.29 is 4.42 Å². The van der Waals surface area contributed by atoms with Gasteiger partial charge in [0, 0.05) is 27.5 Å². The summed E-state index contributed by atoms with van der Waals surface area (Å²) in [5.41, 5.74) is 4.75. The predicted octanol–water partition coefficient (Wildman–Crippen LogP) is 9.54. The van der Waals surface area contributed by atoms with E-state index in [0.29, 0.717) is 0 Å². The Bertz CT molecular complexity index is 2440. The number of hydrogen-bond donors (Lipinski definition) is 1. The Kier molecular flexibility index (Phi) is 5.23. The molecule has 1 N–H and O–H groups in total. The minimum Gasteiger partial charge on any atom is -0.456 e. The van der Waals surface area contributed by atoms with E-state index in [9.17, 15) is 0 Å². The molecule has 1 aliphatic rings. The van der Waals surface area contributed by atoms with Crippen LogP contribution in [0.1, 0.15) is 22.9 Å². The molecular formula is C39H25N3O. The second-order valence-electron chi connectivity index (χ2n) is 11.1. The van der Waals surface area contributed by atoms with Crippen molar-refractivity contribution in [1.82, 2.24) is 5.32 Å². The van der Waals surface area contributed by atoms with Gasteiger partial charge in [0.15, 0.2) is 6.17 Å². The Labute approximate surface area is 247 Å². The Hall–Kier alpha value is -5.74. The third kappa shape index (κ3) is 3.92. The smallest absolute Gasteiger partial charge is 0.169 e. The van der Waals surface area contributed by atoms with Crippen LogP contribution in [0, 0.1) is 0 Å². The van der Waals surface area contributed by atoms with E-state index in [1.54, 1.807) is 0 Å². The number of fused-ring (bicyclic) bond motifs is 8. The molecule has 8 aromatic rings. The monoisotopic (exact) mass is 551 g/mol. The van der Waals surface area contributed by atoms with Gasteiger partial charge in [0.05, 0.1) is 0 Å². The van der Waals surface area contributed by atoms with Crippen molar-refractivity contribution in [2.75, 3.05) is 0 Å². The zero-order valence-corrected chi connectivity index (χ0v) is 23.2. The molecular weight excluding hydrogens is 526 g/mol. The third-order valence-corrected chi connectivity index (χ3v) is 8.50. The number of furan rings is 1. The molecule has 1 unspecified atom stereocenters. The molecule has 0 saturated carbocycles. The van der Waals surface area contributed by atoms with Crippen molar-refractivity contribution in [3.63, 3.8) is 0 Å². The van der Waals surface area contributed by atoms with Crippen LogP contribution in [0.5, 0.6) is 0 Å². The van der Waals surface area contributed by atoms with E-state index in [1.165, 1.54) is 32.3 Å². The number of benzene rings is 7. The molecule has 0 fully saturated rings. The quantitative estimate of drug-likeness (QED) is 0.222. The average Bonchev–Trinajstić information content (AvgIpc) is 3.46. The lowest BCUT2D eigenvalue weighted by atomic mass is 9.96. The Balaban J connectivity index is 1.17. The van der Waals surface area contributed by atoms with Gasteiger partial charge in [-0.05, 0) is 50.5 Å². The van der Waals surface area contributed by atoms with Crippen molar-refractivity contribution in [3.05, 3.63) is 156 Å². The molecule has 0 radical (unpaired) electrons. The van der Waals surface area contributed by atoms with E-state index in [0.717, 1.165) is 50.3 Å². The van der Waals surface area contributed by atoms with Crippen LogP contribution in [0.4, 0.5) is 0 Å². The number of para-hydroxylation sites is 1. The number of nitrogens with zero attached hydrogens (tertiary/aromatic N) is 2. The first-order valence-electron chi connectivity index (χ1n) is 14.5. The first-order chi connectivity index (χ1) is 21.3. The van der Waals surface area contributed by atoms with Crippen LogP contribution in [0.25, 0.3) is 54.3 Å². The number of rotatable bonds is 3. The van der Waals surface area contributed by atoms with Gasteiger partial charge in [-0.25, -0.2) is 9.98 Å². The van der Waals surface area contributed by atoms with Crippen LogP contribution in [0.3, 0.4) is 0 Å². The van der Waals surface area contributed by atoms with Gasteiger partial charge >= 0.3 is 0 Å². The van der Waals surface area contributed by atoms with Crippen molar-refractivity contribution in [2.24, 2.45) is 9.98 Å². The zero-order chi connectivity index (χ0) is 28.3. The van der Waals surface area contributed by atoms with Crippen molar-refractivity contribution in [1.29, 1.82) is 0 Å². The number of aliphatic imine (C=N–C) groups is 2. The van der Waals surface area contributed by atoms with Crippen molar-refractivity contribution >= 4 is 65.9 Å². The van der Waals surface area contributed by atoms with E-state index >= 15 is 0 Å². The summed E-state index contributed by atoms with van der Waals surface area (Å²) in [7, 11) is 0. The first kappa shape index (κ1) is 23.9. The van der Waals surface area contributed by atoms with Crippen LogP contribution in [-0.4, -0.2) is 11.7 Å². The van der Waals surface area contributed by atoms with E-state index in [1.807, 2.05) is 36.4 Å². The van der Waals surface area contributed by atoms with E-state index in [2.05, 4.69) is 108 Å². The highest BCUT2D eigenvalue weighted by atomic mass is 16.3. The highest BCUT2D eigenvalue weighted by Crippen LogP contribution is 2.34. The Morgan fingerprint density at radius 3 is 1.93 bits per heavy atom. The minimum atomic E-state index is -0.414. The van der Waals surface area contributed by atoms with Gasteiger partial charge in [-0.2, -0.15) is 0 Å². The standard InChI is InChI=1S/C39H25N3O/c1-2-9-25(10-3-1)37-40-38(42-39(41-37)28-17-21-34-33-12-6-7-13-35(33)43-36(34)23-28)27-16-18-30-26(22-27)15-20-31-29-11-5-4-8-24(29)14-19-32(30)31/h1-23,39H,(H,40,41,42). The molecule has 7 aromatic carbocycles. The maximum Gasteiger partial charge on any atom is 0.169 e. The molecule has 4 nitrogen and oxygen atoms in total. The fourth-order valence-corrected chi connectivity index (χ4v) is 6.37. The van der Waals surface area contributed by atoms with Crippen LogP contribution >= 0.6 is 0 Å². The zero-order valence-electron chi connectivity index (χ0n) is 23.2. The summed E-state index contributed by atoms with van der Waals surface area (Å²) in [4.78, 5) is 10.2. The van der Waals surface area contributed by atoms with Gasteiger partial charge in [-0.15, -0.1) is 0 Å². The van der Waals surface area contributed by atoms with Gasteiger partial charge in [-0.3, -0.25) is 0 Å². The first-order valence-corrected chi connectivity index (χ1v) is 14.5. The Morgan fingerprint density at radius 1 is 0.442 bits per heavy atom. The van der Waals surface area contributed by atoms with E-state index in [-0.39, 0.29) is 0 Å². The predicted molar refractivity (Wildman–Crippen MR) is 178 cm³/mol. The van der Waals surface area contributed by atoms with Crippen molar-refractivity contribution in [3.8, 4) is 0 Å². The molecule has 202 valence electrons. The van der Waals surface area contributed by atoms with Crippen LogP contribution < -0.4 is 5.32 Å². The summed E-state index contributed by atoms with van der Waals surface area (Å²) in [6.45, 7) is 0. The largest absolute Gasteiger partial charge is 0.456 e. The molecule has 9 rings (SSSR count). The van der Waals surface area contributed by atoms with E-state index in [4.69, 9.17) is 14.4 Å². The molecule has 0 bridgehead atoms. The fourth-order valence-electron chi connectivity index (χ4n) is 6.37. The molecule has 0 amide bonds. The minimum absolute atomic E-state index is 0.414. The fraction of sp³-hybridized carbons (Fsp3) is 0.0256. The molecule has 0 aliphatic carbocycles. The van der Waals surface area contributed by atoms with Gasteiger partial charge < -0.3 is 9.73 Å². The summed E-state index contributed by atoms with van der Waals surface area (Å²) in [6, 6.07) is 48.8. The molecule has 1 aromatic heterocycles. The summed E-state index contributed by atoms with van der Waals surface area (Å²) in [5, 5.41) is 13.2. The molecule has 43 heavy (non-hydrogen) atoms. The third-order valence-electron chi connectivity index (χ3n) is 8.50. The average molecular weight is 552 g/mol. The highest BCUT2D eigenvalue weighted by Gasteiger charge is 2.22. The molecule has 0 saturated heterocycles. The number of hydrogen-bond acceptors (Lipinski definition) is 4. The molecule has 2 heterocycles. The topological polar surface area (TPSA) is 49.9 Å². The summed E-state index contributed by atoms with van der Waals surface area (Å²) in [5.74, 6) is 1.59. The lowest BCUT2D eigenvalue weighted by molar-refractivity contribution is 0.665. The van der Waals surface area contributed by atoms with Crippen LogP contribution in [-0.2, 0) is 0 Å². The molecule has 1 atom stereocenters. The SMILES string of the molecule is c1ccc(C2=NC(c3ccc4c(c3)oc3ccccc34)N=C(c3ccc4c(ccc5c6ccccc6ccc45)c3)N2)cc1. The lowest BCUT2D eigenvalue weighted by Gasteiger charge is -2.22. The van der Waals surface area contributed by atoms with Crippen LogP contribution in [0.2, 0.25) is 0 Å². The summed E-state index contributed by atoms with van der Waals surface area (Å²) >= 11 is 0. The van der Waals surface area contributed by atoms with Gasteiger partial charge in [-0.1, -0.05) is 121 Å². The van der Waals surface area contributed by atoms with Gasteiger partial charge in [0.25, 0.3) is 0 Å². The number of nitrogens with one attached hydrogen (secondary N) is 1. The Morgan fingerprint density at radius 2 is 1.07 bits per heavy atom. The molecule has 1 aliphatic heterocycles. The highest BCUT2D eigenvalue weighted by molar-refractivity contribution is 6.20. The van der Waals surface area contributed by atoms with Gasteiger partial charge in [0.2, 0.25) is 0 Å². The van der Waals surface area contributed by atoms with Crippen LogP contribution in [0.15, 0.2) is 154 Å². The second-order valence-corrected chi connectivity index (χ2v) is 11.1. The summed E-state index contributed by atoms with van der Waals surface area (Å²) in [6.07, 6.45) is -0.414. The molecule has 4 heteroatoms. The lowest BCUT2D eigenvalue weighted by Crippen LogP contribution is -2.36. The summed E-state index contributed by atoms with van der Waals surface area (Å²) < 4.78 is 6.20. The maximum absolute atomic E-state index is 6.20. The normalized spacial score (nSPS) is 15.2.